The molecule has 0 bridgehead atoms. The Morgan fingerprint density at radius 2 is 2.26 bits per heavy atom. The fourth-order valence-electron chi connectivity index (χ4n) is 2.74. The minimum Gasteiger partial charge on any atom is -0.381 e. The van der Waals surface area contributed by atoms with Gasteiger partial charge in [-0.15, -0.1) is 5.10 Å². The van der Waals surface area contributed by atoms with E-state index in [0.717, 1.165) is 18.4 Å². The molecule has 1 fully saturated rings. The van der Waals surface area contributed by atoms with Crippen molar-refractivity contribution in [2.45, 2.75) is 25.4 Å². The van der Waals surface area contributed by atoms with E-state index in [0.29, 0.717) is 25.3 Å². The Morgan fingerprint density at radius 1 is 1.43 bits per heavy atom. The monoisotopic (exact) mass is 311 g/mol. The molecule has 1 aliphatic rings. The molecule has 2 heterocycles. The highest BCUT2D eigenvalue weighted by atomic mass is 16.5. The van der Waals surface area contributed by atoms with E-state index in [1.807, 2.05) is 12.1 Å². The lowest BCUT2D eigenvalue weighted by molar-refractivity contribution is 0.0260. The number of nitrogens with zero attached hydrogens (tertiary/aromatic N) is 4. The van der Waals surface area contributed by atoms with Crippen molar-refractivity contribution < 1.29 is 9.53 Å². The molecule has 1 aromatic carbocycles. The third kappa shape index (κ3) is 3.55. The van der Waals surface area contributed by atoms with Crippen molar-refractivity contribution >= 4 is 5.91 Å². The molecule has 118 valence electrons. The van der Waals surface area contributed by atoms with Gasteiger partial charge in [0.25, 0.3) is 5.91 Å². The molecular weight excluding hydrogens is 294 g/mol. The van der Waals surface area contributed by atoms with Gasteiger partial charge in [0.15, 0.2) is 0 Å². The van der Waals surface area contributed by atoms with E-state index in [1.165, 1.54) is 6.33 Å². The van der Waals surface area contributed by atoms with Crippen LogP contribution in [0.1, 0.15) is 34.6 Å². The number of ether oxygens (including phenoxy) is 1. The topological polar surface area (TPSA) is 94.9 Å². The second-order valence-corrected chi connectivity index (χ2v) is 5.41. The van der Waals surface area contributed by atoms with Gasteiger partial charge in [-0.05, 0) is 30.5 Å². The smallest absolute Gasteiger partial charge is 0.294 e. The number of hydrogen-bond donors (Lipinski definition) is 1. The van der Waals surface area contributed by atoms with E-state index in [4.69, 9.17) is 10.00 Å². The van der Waals surface area contributed by atoms with Crippen LogP contribution in [0, 0.1) is 11.3 Å². The summed E-state index contributed by atoms with van der Waals surface area (Å²) in [6, 6.07) is 9.50. The summed E-state index contributed by atoms with van der Waals surface area (Å²) >= 11 is 0. The molecule has 0 radical (unpaired) electrons. The van der Waals surface area contributed by atoms with E-state index in [-0.39, 0.29) is 17.8 Å². The zero-order valence-electron chi connectivity index (χ0n) is 12.6. The first kappa shape index (κ1) is 15.2. The van der Waals surface area contributed by atoms with Crippen LogP contribution in [0.2, 0.25) is 0 Å². The highest BCUT2D eigenvalue weighted by molar-refractivity contribution is 5.90. The molecule has 1 N–H and O–H groups in total. The Labute approximate surface area is 133 Å². The molecule has 0 aliphatic carbocycles. The van der Waals surface area contributed by atoms with E-state index >= 15 is 0 Å². The van der Waals surface area contributed by atoms with Gasteiger partial charge < -0.3 is 9.64 Å². The van der Waals surface area contributed by atoms with Crippen molar-refractivity contribution in [1.82, 2.24) is 20.1 Å². The molecule has 3 rings (SSSR count). The van der Waals surface area contributed by atoms with Gasteiger partial charge in [0.2, 0.25) is 5.82 Å². The molecule has 1 aliphatic heterocycles. The molecule has 0 saturated carbocycles. The van der Waals surface area contributed by atoms with E-state index < -0.39 is 0 Å². The summed E-state index contributed by atoms with van der Waals surface area (Å²) in [5, 5.41) is 15.5. The van der Waals surface area contributed by atoms with Crippen molar-refractivity contribution in [3.8, 4) is 6.07 Å². The summed E-state index contributed by atoms with van der Waals surface area (Å²) in [6.45, 7) is 1.70. The molecular formula is C16H17N5O2. The van der Waals surface area contributed by atoms with Crippen molar-refractivity contribution in [2.24, 2.45) is 0 Å². The molecule has 2 aromatic rings. The van der Waals surface area contributed by atoms with Crippen molar-refractivity contribution in [1.29, 1.82) is 5.26 Å². The van der Waals surface area contributed by atoms with Crippen LogP contribution in [0.3, 0.4) is 0 Å². The first-order valence-electron chi connectivity index (χ1n) is 7.51. The predicted molar refractivity (Wildman–Crippen MR) is 81.3 cm³/mol. The second kappa shape index (κ2) is 7.03. The molecule has 1 aromatic heterocycles. The number of benzene rings is 1. The summed E-state index contributed by atoms with van der Waals surface area (Å²) < 4.78 is 5.39. The Morgan fingerprint density at radius 3 is 2.96 bits per heavy atom. The fraction of sp³-hybridized carbons (Fsp3) is 0.375. The highest BCUT2D eigenvalue weighted by Crippen LogP contribution is 2.20. The number of nitrogens with one attached hydrogen (secondary N) is 1. The Bertz CT molecular complexity index is 702. The van der Waals surface area contributed by atoms with E-state index in [2.05, 4.69) is 21.3 Å². The van der Waals surface area contributed by atoms with E-state index in [9.17, 15) is 4.79 Å². The zero-order valence-corrected chi connectivity index (χ0v) is 12.6. The molecule has 0 spiro atoms. The number of aromatic nitrogens is 3. The number of nitriles is 1. The lowest BCUT2D eigenvalue weighted by Gasteiger charge is -2.33. The molecule has 0 atom stereocenters. The maximum Gasteiger partial charge on any atom is 0.294 e. The number of rotatable bonds is 4. The van der Waals surface area contributed by atoms with Crippen LogP contribution < -0.4 is 0 Å². The summed E-state index contributed by atoms with van der Waals surface area (Å²) in [5.41, 5.74) is 1.50. The molecule has 1 amide bonds. The number of carbonyl (C=O) groups excluding carboxylic acids is 1. The number of carbonyl (C=O) groups is 1. The lowest BCUT2D eigenvalue weighted by atomic mass is 10.0. The molecule has 7 nitrogen and oxygen atoms in total. The average molecular weight is 311 g/mol. The number of H-pyrrole nitrogens is 1. The van der Waals surface area contributed by atoms with Crippen LogP contribution in [-0.2, 0) is 11.3 Å². The first-order chi connectivity index (χ1) is 11.3. The van der Waals surface area contributed by atoms with Gasteiger partial charge in [0, 0.05) is 25.8 Å². The minimum atomic E-state index is -0.208. The third-order valence-corrected chi connectivity index (χ3v) is 3.91. The second-order valence-electron chi connectivity index (χ2n) is 5.41. The third-order valence-electron chi connectivity index (χ3n) is 3.91. The standard InChI is InChI=1S/C16H17N5O2/c17-9-12-2-1-3-13(8-12)10-21(14-4-6-23-7-5-14)16(22)15-18-11-19-20-15/h1-3,8,11,14H,4-7,10H2,(H,18,19,20). The minimum absolute atomic E-state index is 0.0838. The Kier molecular flexibility index (Phi) is 4.64. The normalized spacial score (nSPS) is 15.1. The summed E-state index contributed by atoms with van der Waals surface area (Å²) in [4.78, 5) is 18.5. The first-order valence-corrected chi connectivity index (χ1v) is 7.51. The summed E-state index contributed by atoms with van der Waals surface area (Å²) in [6.07, 6.45) is 2.97. The zero-order chi connectivity index (χ0) is 16.1. The van der Waals surface area contributed by atoms with Crippen LogP contribution in [0.15, 0.2) is 30.6 Å². The van der Waals surface area contributed by atoms with Gasteiger partial charge in [0.1, 0.15) is 6.33 Å². The predicted octanol–water partition coefficient (Wildman–Crippen LogP) is 1.50. The van der Waals surface area contributed by atoms with Gasteiger partial charge in [0.05, 0.1) is 11.6 Å². The molecule has 0 unspecified atom stereocenters. The fourth-order valence-corrected chi connectivity index (χ4v) is 2.74. The Balaban J connectivity index is 1.85. The molecule has 23 heavy (non-hydrogen) atoms. The van der Waals surface area contributed by atoms with Gasteiger partial charge in [-0.2, -0.15) is 5.26 Å². The summed E-state index contributed by atoms with van der Waals surface area (Å²) in [5.74, 6) is -0.0477. The maximum absolute atomic E-state index is 12.7. The van der Waals surface area contributed by atoms with Crippen LogP contribution in [0.5, 0.6) is 0 Å². The summed E-state index contributed by atoms with van der Waals surface area (Å²) in [7, 11) is 0. The van der Waals surface area contributed by atoms with Crippen molar-refractivity contribution in [2.75, 3.05) is 13.2 Å². The van der Waals surface area contributed by atoms with Gasteiger partial charge >= 0.3 is 0 Å². The van der Waals surface area contributed by atoms with Crippen LogP contribution in [0.4, 0.5) is 0 Å². The van der Waals surface area contributed by atoms with Gasteiger partial charge in [-0.1, -0.05) is 12.1 Å². The largest absolute Gasteiger partial charge is 0.381 e. The quantitative estimate of drug-likeness (QED) is 0.923. The van der Waals surface area contributed by atoms with Gasteiger partial charge in [-0.25, -0.2) is 4.98 Å². The van der Waals surface area contributed by atoms with Crippen molar-refractivity contribution in [3.05, 3.63) is 47.5 Å². The number of amides is 1. The lowest BCUT2D eigenvalue weighted by Crippen LogP contribution is -2.43. The van der Waals surface area contributed by atoms with Gasteiger partial charge in [-0.3, -0.25) is 9.89 Å². The highest BCUT2D eigenvalue weighted by Gasteiger charge is 2.28. The Hall–Kier alpha value is -2.72. The number of hydrogen-bond acceptors (Lipinski definition) is 5. The average Bonchev–Trinajstić information content (AvgIpc) is 3.15. The molecule has 7 heteroatoms. The number of aromatic amines is 1. The maximum atomic E-state index is 12.7. The van der Waals surface area contributed by atoms with Crippen LogP contribution in [-0.4, -0.2) is 45.2 Å². The van der Waals surface area contributed by atoms with E-state index in [1.54, 1.807) is 17.0 Å². The SMILES string of the molecule is N#Cc1cccc(CN(C(=O)c2nc[nH]n2)C2CCOCC2)c1. The molecule has 1 saturated heterocycles. The van der Waals surface area contributed by atoms with Crippen LogP contribution >= 0.6 is 0 Å². The van der Waals surface area contributed by atoms with Crippen LogP contribution in [0.25, 0.3) is 0 Å². The van der Waals surface area contributed by atoms with Crippen molar-refractivity contribution in [3.63, 3.8) is 0 Å².